The van der Waals surface area contributed by atoms with Crippen molar-refractivity contribution < 1.29 is 14.8 Å². The normalized spacial score (nSPS) is 25.9. The van der Waals surface area contributed by atoms with Crippen LogP contribution in [0.15, 0.2) is 0 Å². The van der Waals surface area contributed by atoms with E-state index in [2.05, 4.69) is 5.32 Å². The summed E-state index contributed by atoms with van der Waals surface area (Å²) in [5, 5.41) is 2.43. The molecular weight excluding hydrogens is 204 g/mol. The molecule has 1 saturated carbocycles. The number of quaternary nitrogens is 1. The SMILES string of the molecule is CC(C)(C)OC(=O)N1CC[C@@H]([NH2+]C2CC2)C1. The zero-order valence-corrected chi connectivity index (χ0v) is 10.5. The maximum atomic E-state index is 11.8. The van der Waals surface area contributed by atoms with E-state index in [1.807, 2.05) is 25.7 Å². The van der Waals surface area contributed by atoms with Crippen molar-refractivity contribution in [2.75, 3.05) is 13.1 Å². The van der Waals surface area contributed by atoms with Crippen molar-refractivity contribution in [3.8, 4) is 0 Å². The lowest BCUT2D eigenvalue weighted by Crippen LogP contribution is -2.92. The molecular formula is C12H23N2O2+. The zero-order valence-electron chi connectivity index (χ0n) is 10.5. The number of likely N-dealkylation sites (tertiary alicyclic amines) is 1. The highest BCUT2D eigenvalue weighted by Crippen LogP contribution is 2.17. The van der Waals surface area contributed by atoms with E-state index < -0.39 is 0 Å². The first kappa shape index (κ1) is 11.7. The van der Waals surface area contributed by atoms with Crippen LogP contribution in [0.3, 0.4) is 0 Å². The molecule has 1 aliphatic carbocycles. The number of ether oxygens (including phenoxy) is 1. The van der Waals surface area contributed by atoms with Crippen LogP contribution in [-0.4, -0.2) is 41.8 Å². The van der Waals surface area contributed by atoms with Crippen LogP contribution >= 0.6 is 0 Å². The van der Waals surface area contributed by atoms with E-state index >= 15 is 0 Å². The van der Waals surface area contributed by atoms with Gasteiger partial charge in [0, 0.05) is 25.8 Å². The zero-order chi connectivity index (χ0) is 11.8. The molecule has 0 aromatic rings. The summed E-state index contributed by atoms with van der Waals surface area (Å²) < 4.78 is 5.36. The van der Waals surface area contributed by atoms with Crippen molar-refractivity contribution in [1.82, 2.24) is 4.90 Å². The van der Waals surface area contributed by atoms with Crippen LogP contribution in [0.4, 0.5) is 4.79 Å². The predicted molar refractivity (Wildman–Crippen MR) is 61.2 cm³/mol. The molecule has 16 heavy (non-hydrogen) atoms. The summed E-state index contributed by atoms with van der Waals surface area (Å²) in [5.41, 5.74) is -0.380. The van der Waals surface area contributed by atoms with Crippen molar-refractivity contribution >= 4 is 6.09 Å². The van der Waals surface area contributed by atoms with Crippen molar-refractivity contribution in [1.29, 1.82) is 0 Å². The van der Waals surface area contributed by atoms with Crippen LogP contribution in [0, 0.1) is 0 Å². The number of hydrogen-bond donors (Lipinski definition) is 1. The van der Waals surface area contributed by atoms with Crippen LogP contribution in [0.2, 0.25) is 0 Å². The van der Waals surface area contributed by atoms with Gasteiger partial charge in [0.2, 0.25) is 0 Å². The second kappa shape index (κ2) is 4.24. The number of nitrogens with zero attached hydrogens (tertiary/aromatic N) is 1. The molecule has 4 nitrogen and oxygen atoms in total. The lowest BCUT2D eigenvalue weighted by atomic mass is 10.2. The Morgan fingerprint density at radius 2 is 1.94 bits per heavy atom. The fourth-order valence-electron chi connectivity index (χ4n) is 2.11. The third kappa shape index (κ3) is 3.37. The number of amides is 1. The summed E-state index contributed by atoms with van der Waals surface area (Å²) in [4.78, 5) is 13.6. The van der Waals surface area contributed by atoms with Gasteiger partial charge in [-0.05, 0) is 20.8 Å². The molecule has 0 unspecified atom stereocenters. The molecule has 1 heterocycles. The molecule has 0 radical (unpaired) electrons. The quantitative estimate of drug-likeness (QED) is 0.755. The Balaban J connectivity index is 1.76. The van der Waals surface area contributed by atoms with Gasteiger partial charge in [-0.3, -0.25) is 0 Å². The largest absolute Gasteiger partial charge is 0.444 e. The highest BCUT2D eigenvalue weighted by atomic mass is 16.6. The maximum Gasteiger partial charge on any atom is 0.410 e. The van der Waals surface area contributed by atoms with E-state index in [0.29, 0.717) is 6.04 Å². The Bertz CT molecular complexity index is 269. The summed E-state index contributed by atoms with van der Waals surface area (Å²) in [6, 6.07) is 1.43. The molecule has 2 rings (SSSR count). The molecule has 0 bridgehead atoms. The molecule has 1 saturated heterocycles. The van der Waals surface area contributed by atoms with Gasteiger partial charge in [0.15, 0.2) is 0 Å². The molecule has 92 valence electrons. The molecule has 2 aliphatic rings. The Kier molecular flexibility index (Phi) is 3.10. The van der Waals surface area contributed by atoms with Gasteiger partial charge in [0.1, 0.15) is 11.6 Å². The maximum absolute atomic E-state index is 11.8. The molecule has 0 aromatic heterocycles. The lowest BCUT2D eigenvalue weighted by molar-refractivity contribution is -0.698. The molecule has 0 aromatic carbocycles. The van der Waals surface area contributed by atoms with E-state index in [9.17, 15) is 4.79 Å². The van der Waals surface area contributed by atoms with E-state index in [-0.39, 0.29) is 11.7 Å². The van der Waals surface area contributed by atoms with Crippen LogP contribution < -0.4 is 5.32 Å². The van der Waals surface area contributed by atoms with Crippen molar-refractivity contribution in [2.45, 2.75) is 57.7 Å². The molecule has 2 fully saturated rings. The van der Waals surface area contributed by atoms with Gasteiger partial charge in [0.25, 0.3) is 0 Å². The van der Waals surface area contributed by atoms with Gasteiger partial charge in [-0.2, -0.15) is 0 Å². The summed E-state index contributed by atoms with van der Waals surface area (Å²) in [6.45, 7) is 7.44. The minimum Gasteiger partial charge on any atom is -0.444 e. The fraction of sp³-hybridized carbons (Fsp3) is 0.917. The van der Waals surface area contributed by atoms with Gasteiger partial charge in [0.05, 0.1) is 12.6 Å². The Morgan fingerprint density at radius 3 is 2.50 bits per heavy atom. The van der Waals surface area contributed by atoms with E-state index in [1.54, 1.807) is 0 Å². The van der Waals surface area contributed by atoms with Gasteiger partial charge in [-0.25, -0.2) is 4.79 Å². The van der Waals surface area contributed by atoms with Crippen LogP contribution in [-0.2, 0) is 4.74 Å². The van der Waals surface area contributed by atoms with Crippen molar-refractivity contribution in [2.24, 2.45) is 0 Å². The fourth-order valence-corrected chi connectivity index (χ4v) is 2.11. The molecule has 1 atom stereocenters. The highest BCUT2D eigenvalue weighted by molar-refractivity contribution is 5.68. The summed E-state index contributed by atoms with van der Waals surface area (Å²) in [6.07, 6.45) is 3.65. The van der Waals surface area contributed by atoms with Crippen molar-refractivity contribution in [3.63, 3.8) is 0 Å². The Morgan fingerprint density at radius 1 is 1.25 bits per heavy atom. The van der Waals surface area contributed by atoms with Gasteiger partial charge in [-0.15, -0.1) is 0 Å². The number of hydrogen-bond acceptors (Lipinski definition) is 2. The van der Waals surface area contributed by atoms with Crippen molar-refractivity contribution in [3.05, 3.63) is 0 Å². The first-order chi connectivity index (χ1) is 7.44. The number of rotatable bonds is 2. The monoisotopic (exact) mass is 227 g/mol. The Labute approximate surface area is 97.3 Å². The Hall–Kier alpha value is -0.770. The van der Waals surface area contributed by atoms with E-state index in [1.165, 1.54) is 12.8 Å². The van der Waals surface area contributed by atoms with E-state index in [0.717, 1.165) is 25.6 Å². The molecule has 2 N–H and O–H groups in total. The smallest absolute Gasteiger partial charge is 0.410 e. The van der Waals surface area contributed by atoms with Crippen LogP contribution in [0.1, 0.15) is 40.0 Å². The number of nitrogens with two attached hydrogens (primary N) is 1. The summed E-state index contributed by atoms with van der Waals surface area (Å²) in [7, 11) is 0. The average Bonchev–Trinajstić information content (AvgIpc) is 2.78. The van der Waals surface area contributed by atoms with Crippen LogP contribution in [0.25, 0.3) is 0 Å². The minimum atomic E-state index is -0.380. The molecule has 1 aliphatic heterocycles. The highest BCUT2D eigenvalue weighted by Gasteiger charge is 2.35. The second-order valence-electron chi connectivity index (χ2n) is 6.00. The third-order valence-electron chi connectivity index (χ3n) is 3.04. The van der Waals surface area contributed by atoms with Crippen LogP contribution in [0.5, 0.6) is 0 Å². The van der Waals surface area contributed by atoms with E-state index in [4.69, 9.17) is 4.74 Å². The number of carbonyl (C=O) groups is 1. The van der Waals surface area contributed by atoms with Gasteiger partial charge >= 0.3 is 6.09 Å². The molecule has 1 amide bonds. The third-order valence-corrected chi connectivity index (χ3v) is 3.04. The first-order valence-corrected chi connectivity index (χ1v) is 6.27. The first-order valence-electron chi connectivity index (χ1n) is 6.27. The summed E-state index contributed by atoms with van der Waals surface area (Å²) in [5.74, 6) is 0. The average molecular weight is 227 g/mol. The topological polar surface area (TPSA) is 46.1 Å². The standard InChI is InChI=1S/C12H22N2O2/c1-12(2,3)16-11(15)14-7-6-10(8-14)13-9-4-5-9/h9-10,13H,4-8H2,1-3H3/p+1/t10-/m1/s1. The number of carbonyl (C=O) groups excluding carboxylic acids is 1. The second-order valence-corrected chi connectivity index (χ2v) is 6.00. The molecule has 0 spiro atoms. The van der Waals surface area contributed by atoms with Gasteiger partial charge < -0.3 is 15.0 Å². The summed E-state index contributed by atoms with van der Waals surface area (Å²) >= 11 is 0. The molecule has 4 heteroatoms. The van der Waals surface area contributed by atoms with Gasteiger partial charge in [-0.1, -0.05) is 0 Å². The lowest BCUT2D eigenvalue weighted by Gasteiger charge is -2.24. The predicted octanol–water partition coefficient (Wildman–Crippen LogP) is 0.722. The minimum absolute atomic E-state index is 0.154.